The minimum atomic E-state index is -3.40. The molecule has 0 aromatic heterocycles. The Hall–Kier alpha value is -1.15. The van der Waals surface area contributed by atoms with Crippen LogP contribution in [0.1, 0.15) is 20.8 Å². The minimum absolute atomic E-state index is 0.00910. The molecule has 0 spiro atoms. The molecule has 6 nitrogen and oxygen atoms in total. The number of anilines is 1. The Balaban J connectivity index is 1.91. The van der Waals surface area contributed by atoms with Crippen LogP contribution in [0.4, 0.5) is 5.69 Å². The Bertz CT molecular complexity index is 569. The summed E-state index contributed by atoms with van der Waals surface area (Å²) in [7, 11) is -3.40. The molecule has 0 bridgehead atoms. The first-order chi connectivity index (χ1) is 9.82. The third-order valence-electron chi connectivity index (χ3n) is 3.10. The largest absolute Gasteiger partial charge is 0.382 e. The van der Waals surface area contributed by atoms with Gasteiger partial charge >= 0.3 is 0 Å². The van der Waals surface area contributed by atoms with Crippen LogP contribution < -0.4 is 10.0 Å². The van der Waals surface area contributed by atoms with Gasteiger partial charge in [-0.15, -0.1) is 0 Å². The van der Waals surface area contributed by atoms with Gasteiger partial charge in [0.1, 0.15) is 6.10 Å². The van der Waals surface area contributed by atoms with Gasteiger partial charge in [0.2, 0.25) is 10.0 Å². The first-order valence-corrected chi connectivity index (χ1v) is 8.46. The van der Waals surface area contributed by atoms with Gasteiger partial charge in [0.25, 0.3) is 0 Å². The summed E-state index contributed by atoms with van der Waals surface area (Å²) in [5, 5.41) is 3.21. The van der Waals surface area contributed by atoms with Gasteiger partial charge in [-0.05, 0) is 38.1 Å². The molecule has 1 unspecified atom stereocenters. The van der Waals surface area contributed by atoms with E-state index in [1.807, 2.05) is 13.8 Å². The highest BCUT2D eigenvalue weighted by molar-refractivity contribution is 7.89. The zero-order valence-corrected chi connectivity index (χ0v) is 13.4. The second kappa shape index (κ2) is 6.31. The molecule has 118 valence electrons. The van der Waals surface area contributed by atoms with Crippen LogP contribution in [0.15, 0.2) is 29.2 Å². The molecule has 0 aliphatic carbocycles. The smallest absolute Gasteiger partial charge is 0.240 e. The number of rotatable bonds is 6. The van der Waals surface area contributed by atoms with Crippen molar-refractivity contribution in [1.82, 2.24) is 4.72 Å². The number of hydrogen-bond donors (Lipinski definition) is 2. The molecule has 2 N–H and O–H groups in total. The van der Waals surface area contributed by atoms with E-state index in [2.05, 4.69) is 10.0 Å². The fourth-order valence-corrected chi connectivity index (χ4v) is 3.16. The average molecular weight is 314 g/mol. The molecule has 0 amide bonds. The molecule has 1 fully saturated rings. The molecule has 0 radical (unpaired) electrons. The van der Waals surface area contributed by atoms with Gasteiger partial charge in [-0.2, -0.15) is 0 Å². The molecule has 1 heterocycles. The van der Waals surface area contributed by atoms with Crippen LogP contribution in [0.2, 0.25) is 0 Å². The molecule has 1 aromatic carbocycles. The maximum absolute atomic E-state index is 11.8. The van der Waals surface area contributed by atoms with E-state index < -0.39 is 15.8 Å². The van der Waals surface area contributed by atoms with Crippen LogP contribution in [-0.4, -0.2) is 40.0 Å². The van der Waals surface area contributed by atoms with E-state index >= 15 is 0 Å². The number of sulfonamides is 1. The summed E-state index contributed by atoms with van der Waals surface area (Å²) in [6, 6.07) is 6.64. The Morgan fingerprint density at radius 3 is 2.48 bits per heavy atom. The average Bonchev–Trinajstić information content (AvgIpc) is 2.76. The van der Waals surface area contributed by atoms with Crippen LogP contribution in [0, 0.1) is 0 Å². The van der Waals surface area contributed by atoms with Crippen molar-refractivity contribution in [2.75, 3.05) is 25.0 Å². The molecule has 1 atom stereocenters. The first kappa shape index (κ1) is 16.2. The van der Waals surface area contributed by atoms with E-state index in [4.69, 9.17) is 9.47 Å². The fraction of sp³-hybridized carbons (Fsp3) is 0.571. The molecular formula is C14H22N2O4S. The summed E-state index contributed by atoms with van der Waals surface area (Å²) in [4.78, 5) is 0.261. The summed E-state index contributed by atoms with van der Waals surface area (Å²) in [5.74, 6) is -0.532. The lowest BCUT2D eigenvalue weighted by Gasteiger charge is -2.17. The van der Waals surface area contributed by atoms with Gasteiger partial charge in [0.05, 0.1) is 11.5 Å². The van der Waals surface area contributed by atoms with Gasteiger partial charge in [-0.3, -0.25) is 0 Å². The summed E-state index contributed by atoms with van der Waals surface area (Å²) < 4.78 is 37.3. The van der Waals surface area contributed by atoms with Crippen molar-refractivity contribution < 1.29 is 17.9 Å². The summed E-state index contributed by atoms with van der Waals surface area (Å²) >= 11 is 0. The molecule has 0 saturated carbocycles. The molecule has 7 heteroatoms. The molecule has 1 aliphatic rings. The van der Waals surface area contributed by atoms with E-state index in [1.54, 1.807) is 31.2 Å². The monoisotopic (exact) mass is 314 g/mol. The van der Waals surface area contributed by atoms with Crippen molar-refractivity contribution in [1.29, 1.82) is 0 Å². The van der Waals surface area contributed by atoms with E-state index in [-0.39, 0.29) is 11.0 Å². The number of hydrogen-bond acceptors (Lipinski definition) is 5. The number of benzene rings is 1. The molecule has 1 aromatic rings. The second-order valence-corrected chi connectivity index (χ2v) is 7.12. The van der Waals surface area contributed by atoms with Crippen molar-refractivity contribution >= 4 is 15.7 Å². The lowest BCUT2D eigenvalue weighted by Crippen LogP contribution is -2.26. The standard InChI is InChI=1S/C14H22N2O4S/c1-4-16-21(17,18)13-7-5-11(6-8-13)15-9-12-10-19-14(2,3)20-12/h5-8,12,15-16H,4,9-10H2,1-3H3. The molecular weight excluding hydrogens is 292 g/mol. The predicted molar refractivity (Wildman–Crippen MR) is 80.7 cm³/mol. The first-order valence-electron chi connectivity index (χ1n) is 6.98. The van der Waals surface area contributed by atoms with Crippen molar-refractivity contribution in [2.45, 2.75) is 37.6 Å². The normalized spacial score (nSPS) is 21.4. The van der Waals surface area contributed by atoms with Gasteiger partial charge in [-0.25, -0.2) is 13.1 Å². The highest BCUT2D eigenvalue weighted by atomic mass is 32.2. The van der Waals surface area contributed by atoms with E-state index in [0.29, 0.717) is 19.7 Å². The Kier molecular flexibility index (Phi) is 4.88. The lowest BCUT2D eigenvalue weighted by molar-refractivity contribution is -0.136. The topological polar surface area (TPSA) is 76.7 Å². The SMILES string of the molecule is CCNS(=O)(=O)c1ccc(NCC2COC(C)(C)O2)cc1. The van der Waals surface area contributed by atoms with E-state index in [1.165, 1.54) is 0 Å². The highest BCUT2D eigenvalue weighted by Gasteiger charge is 2.32. The fourth-order valence-electron chi connectivity index (χ4n) is 2.12. The van der Waals surface area contributed by atoms with Crippen LogP contribution in [-0.2, 0) is 19.5 Å². The summed E-state index contributed by atoms with van der Waals surface area (Å²) in [5.41, 5.74) is 0.846. The van der Waals surface area contributed by atoms with Crippen LogP contribution >= 0.6 is 0 Å². The van der Waals surface area contributed by atoms with Crippen molar-refractivity contribution in [3.63, 3.8) is 0 Å². The third kappa shape index (κ3) is 4.41. The van der Waals surface area contributed by atoms with Gasteiger partial charge in [0.15, 0.2) is 5.79 Å². The quantitative estimate of drug-likeness (QED) is 0.833. The molecule has 1 aliphatic heterocycles. The number of nitrogens with one attached hydrogen (secondary N) is 2. The predicted octanol–water partition coefficient (Wildman–Crippen LogP) is 1.55. The van der Waals surface area contributed by atoms with Crippen molar-refractivity contribution in [2.24, 2.45) is 0 Å². The number of ether oxygens (including phenoxy) is 2. The maximum atomic E-state index is 11.8. The van der Waals surface area contributed by atoms with Gasteiger partial charge < -0.3 is 14.8 Å². The van der Waals surface area contributed by atoms with Gasteiger partial charge in [-0.1, -0.05) is 6.92 Å². The highest BCUT2D eigenvalue weighted by Crippen LogP contribution is 2.22. The third-order valence-corrected chi connectivity index (χ3v) is 4.66. The Morgan fingerprint density at radius 1 is 1.29 bits per heavy atom. The van der Waals surface area contributed by atoms with Crippen molar-refractivity contribution in [3.8, 4) is 0 Å². The van der Waals surface area contributed by atoms with Crippen LogP contribution in [0.25, 0.3) is 0 Å². The molecule has 1 saturated heterocycles. The Labute approximate surface area is 125 Å². The lowest BCUT2D eigenvalue weighted by atomic mass is 10.3. The van der Waals surface area contributed by atoms with Crippen molar-refractivity contribution in [3.05, 3.63) is 24.3 Å². The van der Waals surface area contributed by atoms with Gasteiger partial charge in [0, 0.05) is 18.8 Å². The summed E-state index contributed by atoms with van der Waals surface area (Å²) in [6.45, 7) is 7.05. The minimum Gasteiger partial charge on any atom is -0.382 e. The second-order valence-electron chi connectivity index (χ2n) is 5.36. The van der Waals surface area contributed by atoms with Crippen LogP contribution in [0.3, 0.4) is 0 Å². The zero-order chi connectivity index (χ0) is 15.5. The zero-order valence-electron chi connectivity index (χ0n) is 12.5. The summed E-state index contributed by atoms with van der Waals surface area (Å²) in [6.07, 6.45) is -0.00910. The Morgan fingerprint density at radius 2 is 1.95 bits per heavy atom. The molecule has 21 heavy (non-hydrogen) atoms. The maximum Gasteiger partial charge on any atom is 0.240 e. The van der Waals surface area contributed by atoms with E-state index in [0.717, 1.165) is 5.69 Å². The van der Waals surface area contributed by atoms with E-state index in [9.17, 15) is 8.42 Å². The van der Waals surface area contributed by atoms with Crippen LogP contribution in [0.5, 0.6) is 0 Å². The molecule has 2 rings (SSSR count).